The quantitative estimate of drug-likeness (QED) is 0.182. The summed E-state index contributed by atoms with van der Waals surface area (Å²) in [6, 6.07) is 18.9. The molecule has 203 valence electrons. The van der Waals surface area contributed by atoms with Gasteiger partial charge in [-0.15, -0.1) is 0 Å². The molecule has 2 unspecified atom stereocenters. The number of nitrogens with one attached hydrogen (secondary N) is 1. The summed E-state index contributed by atoms with van der Waals surface area (Å²) >= 11 is 0. The monoisotopic (exact) mass is 539 g/mol. The van der Waals surface area contributed by atoms with E-state index in [1.165, 1.54) is 31.2 Å². The highest BCUT2D eigenvalue weighted by molar-refractivity contribution is 7.89. The highest BCUT2D eigenvalue weighted by Crippen LogP contribution is 2.23. The van der Waals surface area contributed by atoms with Gasteiger partial charge in [-0.1, -0.05) is 49.4 Å². The predicted molar refractivity (Wildman–Crippen MR) is 148 cm³/mol. The number of fused-ring (bicyclic) bond motifs is 1. The minimum Gasteiger partial charge on any atom is -0.399 e. The molecule has 0 fully saturated rings. The number of benzene rings is 3. The number of nitrogens with zero attached hydrogens (tertiary/aromatic N) is 1. The lowest BCUT2D eigenvalue weighted by Crippen LogP contribution is -2.46. The normalized spacial score (nSPS) is 13.3. The van der Waals surface area contributed by atoms with Gasteiger partial charge < -0.3 is 21.9 Å². The molecule has 0 bridgehead atoms. The molecule has 9 nitrogen and oxygen atoms in total. The van der Waals surface area contributed by atoms with E-state index in [9.17, 15) is 23.1 Å². The molecule has 0 aliphatic heterocycles. The molecular weight excluding hydrogens is 504 g/mol. The smallest absolute Gasteiger partial charge is 0.243 e. The highest BCUT2D eigenvalue weighted by atomic mass is 32.2. The molecule has 0 spiro atoms. The van der Waals surface area contributed by atoms with E-state index in [0.29, 0.717) is 25.1 Å². The number of hydrogen-bond acceptors (Lipinski definition) is 6. The molecular formula is C28H35N4O5S. The zero-order valence-corrected chi connectivity index (χ0v) is 22.2. The average Bonchev–Trinajstić information content (AvgIpc) is 2.91. The van der Waals surface area contributed by atoms with Crippen molar-refractivity contribution >= 4 is 38.3 Å². The number of primary amides is 1. The highest BCUT2D eigenvalue weighted by Gasteiger charge is 2.33. The average molecular weight is 540 g/mol. The van der Waals surface area contributed by atoms with Crippen LogP contribution in [0, 0.1) is 12.3 Å². The van der Waals surface area contributed by atoms with Gasteiger partial charge in [-0.3, -0.25) is 9.59 Å². The molecule has 0 saturated carbocycles. The van der Waals surface area contributed by atoms with Crippen LogP contribution in [0.25, 0.3) is 10.8 Å². The van der Waals surface area contributed by atoms with Gasteiger partial charge in [0, 0.05) is 30.7 Å². The number of amides is 2. The van der Waals surface area contributed by atoms with Gasteiger partial charge >= 0.3 is 0 Å². The third-order valence-electron chi connectivity index (χ3n) is 6.44. The maximum Gasteiger partial charge on any atom is 0.243 e. The van der Waals surface area contributed by atoms with E-state index < -0.39 is 34.5 Å². The molecule has 0 heterocycles. The van der Waals surface area contributed by atoms with Crippen LogP contribution in [-0.4, -0.2) is 55.4 Å². The van der Waals surface area contributed by atoms with Crippen LogP contribution in [0.3, 0.4) is 0 Å². The Morgan fingerprint density at radius 1 is 1.05 bits per heavy atom. The Hall–Kier alpha value is -3.47. The van der Waals surface area contributed by atoms with Crippen molar-refractivity contribution in [1.82, 2.24) is 9.62 Å². The molecule has 1 radical (unpaired) electrons. The van der Waals surface area contributed by atoms with Crippen LogP contribution in [0.4, 0.5) is 5.69 Å². The van der Waals surface area contributed by atoms with E-state index >= 15 is 0 Å². The van der Waals surface area contributed by atoms with E-state index in [4.69, 9.17) is 11.5 Å². The van der Waals surface area contributed by atoms with Crippen molar-refractivity contribution < 1.29 is 23.1 Å². The zero-order chi connectivity index (χ0) is 27.7. The van der Waals surface area contributed by atoms with E-state index in [2.05, 4.69) is 5.32 Å². The van der Waals surface area contributed by atoms with Crippen LogP contribution in [0.1, 0.15) is 25.3 Å². The van der Waals surface area contributed by atoms with Crippen molar-refractivity contribution in [3.8, 4) is 0 Å². The Bertz CT molecular complexity index is 1340. The summed E-state index contributed by atoms with van der Waals surface area (Å²) in [5, 5.41) is 15.1. The number of aliphatic hydroxyl groups is 1. The van der Waals surface area contributed by atoms with Crippen molar-refractivity contribution in [2.75, 3.05) is 25.4 Å². The molecule has 0 aliphatic rings. The molecule has 2 atom stereocenters. The fourth-order valence-corrected chi connectivity index (χ4v) is 5.93. The van der Waals surface area contributed by atoms with Crippen LogP contribution in [0.15, 0.2) is 71.6 Å². The number of nitrogens with two attached hydrogens (primary N) is 2. The molecule has 3 aromatic rings. The van der Waals surface area contributed by atoms with E-state index in [1.54, 1.807) is 6.42 Å². The number of carbonyl (C=O) groups is 2. The summed E-state index contributed by atoms with van der Waals surface area (Å²) in [4.78, 5) is 24.1. The standard InChI is InChI=1S/C28H35N4O5S/c1-20(28(30)35)18-32(38(36,37)25-14-12-23(29)13-15-25)24(19-33)9-5-17-31-27(34)16-11-22-8-4-7-21-6-2-3-10-26(21)22/h2-4,6-8,10,12-16,20,24,33H,5,9,11,17-19,29H2,1H3,(H2,30,35)(H,31,34). The van der Waals surface area contributed by atoms with Crippen molar-refractivity contribution in [2.45, 2.75) is 37.1 Å². The maximum absolute atomic E-state index is 13.4. The summed E-state index contributed by atoms with van der Waals surface area (Å²) in [5.74, 6) is -1.64. The molecule has 0 aliphatic carbocycles. The second-order valence-electron chi connectivity index (χ2n) is 9.26. The fraction of sp³-hybridized carbons (Fsp3) is 0.321. The number of aliphatic hydroxyl groups excluding tert-OH is 1. The van der Waals surface area contributed by atoms with Crippen molar-refractivity contribution in [1.29, 1.82) is 0 Å². The van der Waals surface area contributed by atoms with E-state index in [1.807, 2.05) is 42.5 Å². The Balaban J connectivity index is 1.59. The summed E-state index contributed by atoms with van der Waals surface area (Å²) in [6.07, 6.45) is 2.74. The number of sulfonamides is 1. The molecule has 6 N–H and O–H groups in total. The molecule has 2 amide bonds. The van der Waals surface area contributed by atoms with Crippen LogP contribution in [-0.2, 0) is 26.0 Å². The second kappa shape index (κ2) is 13.4. The Morgan fingerprint density at radius 2 is 1.74 bits per heavy atom. The van der Waals surface area contributed by atoms with Gasteiger partial charge in [0.1, 0.15) is 0 Å². The molecule has 3 aromatic carbocycles. The number of anilines is 1. The second-order valence-corrected chi connectivity index (χ2v) is 11.2. The fourth-order valence-electron chi connectivity index (χ4n) is 4.20. The Labute approximate surface area is 223 Å². The maximum atomic E-state index is 13.4. The van der Waals surface area contributed by atoms with Crippen molar-refractivity contribution in [3.05, 3.63) is 78.7 Å². The minimum absolute atomic E-state index is 0.00170. The topological polar surface area (TPSA) is 156 Å². The molecule has 10 heteroatoms. The van der Waals surface area contributed by atoms with Gasteiger partial charge in [-0.2, -0.15) is 4.31 Å². The van der Waals surface area contributed by atoms with Crippen LogP contribution in [0.2, 0.25) is 0 Å². The van der Waals surface area contributed by atoms with Gasteiger partial charge in [0.25, 0.3) is 0 Å². The van der Waals surface area contributed by atoms with Gasteiger partial charge in [0.15, 0.2) is 0 Å². The van der Waals surface area contributed by atoms with Crippen LogP contribution < -0.4 is 16.8 Å². The van der Waals surface area contributed by atoms with Crippen molar-refractivity contribution in [3.63, 3.8) is 0 Å². The lowest BCUT2D eigenvalue weighted by atomic mass is 10.0. The Morgan fingerprint density at radius 3 is 2.42 bits per heavy atom. The van der Waals surface area contributed by atoms with Crippen LogP contribution in [0.5, 0.6) is 0 Å². The lowest BCUT2D eigenvalue weighted by molar-refractivity contribution is -0.121. The number of hydrogen-bond donors (Lipinski definition) is 4. The molecule has 38 heavy (non-hydrogen) atoms. The number of nitrogen functional groups attached to an aromatic ring is 1. The molecule has 0 aromatic heterocycles. The van der Waals surface area contributed by atoms with E-state index in [-0.39, 0.29) is 23.8 Å². The summed E-state index contributed by atoms with van der Waals surface area (Å²) in [5.41, 5.74) is 12.5. The van der Waals surface area contributed by atoms with Crippen molar-refractivity contribution in [2.24, 2.45) is 11.7 Å². The van der Waals surface area contributed by atoms with Gasteiger partial charge in [0.05, 0.1) is 17.9 Å². The largest absolute Gasteiger partial charge is 0.399 e. The zero-order valence-electron chi connectivity index (χ0n) is 21.4. The summed E-state index contributed by atoms with van der Waals surface area (Å²) < 4.78 is 27.9. The first-order chi connectivity index (χ1) is 18.1. The Kier molecular flexibility index (Phi) is 10.2. The SMILES string of the molecule is CC(CN(C(CO)CCCNC(=O)[CH]Cc1cccc2ccccc12)S(=O)(=O)c1ccc(N)cc1)C(N)=O. The van der Waals surface area contributed by atoms with Gasteiger partial charge in [-0.05, 0) is 59.9 Å². The third-order valence-corrected chi connectivity index (χ3v) is 8.38. The summed E-state index contributed by atoms with van der Waals surface area (Å²) in [7, 11) is -4.05. The molecule has 0 saturated heterocycles. The summed E-state index contributed by atoms with van der Waals surface area (Å²) in [6.45, 7) is 1.19. The lowest BCUT2D eigenvalue weighted by Gasteiger charge is -2.31. The first-order valence-electron chi connectivity index (χ1n) is 12.5. The molecule has 3 rings (SSSR count). The first kappa shape index (κ1) is 29.1. The van der Waals surface area contributed by atoms with Gasteiger partial charge in [-0.25, -0.2) is 8.42 Å². The first-order valence-corrected chi connectivity index (χ1v) is 13.9. The predicted octanol–water partition coefficient (Wildman–Crippen LogP) is 2.24. The van der Waals surface area contributed by atoms with Gasteiger partial charge in [0.2, 0.25) is 21.8 Å². The number of carbonyl (C=O) groups excluding carboxylic acids is 2. The van der Waals surface area contributed by atoms with E-state index in [0.717, 1.165) is 20.6 Å². The van der Waals surface area contributed by atoms with Crippen LogP contribution >= 0.6 is 0 Å². The third kappa shape index (κ3) is 7.53. The number of rotatable bonds is 14. The minimum atomic E-state index is -4.05.